The van der Waals surface area contributed by atoms with Crippen LogP contribution in [0.4, 0.5) is 0 Å². The van der Waals surface area contributed by atoms with Crippen molar-refractivity contribution in [1.29, 1.82) is 0 Å². The van der Waals surface area contributed by atoms with Crippen molar-refractivity contribution in [3.63, 3.8) is 0 Å². The summed E-state index contributed by atoms with van der Waals surface area (Å²) in [7, 11) is 0. The molecule has 0 fully saturated rings. The molecule has 0 bridgehead atoms. The molecule has 0 atom stereocenters. The fraction of sp³-hybridized carbons (Fsp3) is 0.250. The molecule has 0 aliphatic carbocycles. The fourth-order valence-corrected chi connectivity index (χ4v) is 2.12. The maximum absolute atomic E-state index is 12.5. The van der Waals surface area contributed by atoms with Gasteiger partial charge >= 0.3 is 0 Å². The first-order chi connectivity index (χ1) is 12.6. The Labute approximate surface area is 148 Å². The highest BCUT2D eigenvalue weighted by molar-refractivity contribution is 5.94. The van der Waals surface area contributed by atoms with Crippen molar-refractivity contribution in [3.8, 4) is 0 Å². The van der Waals surface area contributed by atoms with E-state index >= 15 is 0 Å². The number of hydrogen-bond donors (Lipinski definition) is 1. The maximum atomic E-state index is 12.5. The first-order valence-corrected chi connectivity index (χ1v) is 7.73. The maximum Gasteiger partial charge on any atom is 0.294 e. The summed E-state index contributed by atoms with van der Waals surface area (Å²) in [6, 6.07) is 6.46. The fourth-order valence-electron chi connectivity index (χ4n) is 2.12. The van der Waals surface area contributed by atoms with Crippen LogP contribution in [0.25, 0.3) is 0 Å². The molecule has 2 heterocycles. The summed E-state index contributed by atoms with van der Waals surface area (Å²) in [6.07, 6.45) is 5.92. The molecule has 0 aromatic carbocycles. The van der Waals surface area contributed by atoms with Crippen LogP contribution in [0.15, 0.2) is 49.1 Å². The predicted octanol–water partition coefficient (Wildman–Crippen LogP) is 0.557. The van der Waals surface area contributed by atoms with Crippen LogP contribution in [0, 0.1) is 10.1 Å². The first-order valence-electron chi connectivity index (χ1n) is 7.73. The number of carbonyl (C=O) groups excluding carboxylic acids is 2. The van der Waals surface area contributed by atoms with E-state index in [0.717, 1.165) is 0 Å². The van der Waals surface area contributed by atoms with E-state index in [1.54, 1.807) is 30.5 Å². The van der Waals surface area contributed by atoms with Gasteiger partial charge in [0.2, 0.25) is 0 Å². The molecule has 0 spiro atoms. The third kappa shape index (κ3) is 5.82. The van der Waals surface area contributed by atoms with Crippen molar-refractivity contribution in [3.05, 3.63) is 70.3 Å². The van der Waals surface area contributed by atoms with Crippen LogP contribution < -0.4 is 5.32 Å². The molecule has 0 aliphatic rings. The Bertz CT molecular complexity index is 741. The molecule has 1 N–H and O–H groups in total. The van der Waals surface area contributed by atoms with E-state index in [1.807, 2.05) is 0 Å². The van der Waals surface area contributed by atoms with Crippen LogP contribution in [-0.4, -0.2) is 58.0 Å². The smallest absolute Gasteiger partial charge is 0.294 e. The summed E-state index contributed by atoms with van der Waals surface area (Å²) in [5, 5.41) is 12.0. The number of amides is 2. The van der Waals surface area contributed by atoms with Crippen LogP contribution in [0.1, 0.15) is 20.7 Å². The van der Waals surface area contributed by atoms with Gasteiger partial charge in [-0.05, 0) is 24.3 Å². The second-order valence-corrected chi connectivity index (χ2v) is 5.09. The van der Waals surface area contributed by atoms with E-state index < -0.39 is 5.09 Å². The molecule has 136 valence electrons. The third-order valence-corrected chi connectivity index (χ3v) is 3.34. The van der Waals surface area contributed by atoms with Gasteiger partial charge in [-0.3, -0.25) is 19.6 Å². The number of aromatic nitrogens is 2. The molecule has 0 aliphatic heterocycles. The molecular weight excluding hydrogens is 342 g/mol. The van der Waals surface area contributed by atoms with Gasteiger partial charge in [0.15, 0.2) is 0 Å². The van der Waals surface area contributed by atoms with Crippen molar-refractivity contribution in [1.82, 2.24) is 20.2 Å². The van der Waals surface area contributed by atoms with Crippen molar-refractivity contribution < 1.29 is 19.5 Å². The van der Waals surface area contributed by atoms with E-state index in [9.17, 15) is 19.7 Å². The standard InChI is InChI=1S/C16H17N5O5/c22-15(13-3-1-5-17-11-13)19-7-8-20(9-10-26-21(24)25)16(23)14-4-2-6-18-12-14/h1-6,11-12H,7-10H2,(H,19,22). The molecule has 2 aromatic rings. The first kappa shape index (κ1) is 18.8. The molecule has 0 saturated heterocycles. The largest absolute Gasteiger partial charge is 0.350 e. The van der Waals surface area contributed by atoms with Crippen LogP contribution >= 0.6 is 0 Å². The van der Waals surface area contributed by atoms with Crippen LogP contribution in [0.3, 0.4) is 0 Å². The Balaban J connectivity index is 1.93. The molecule has 2 amide bonds. The number of nitrogens with zero attached hydrogens (tertiary/aromatic N) is 4. The van der Waals surface area contributed by atoms with Gasteiger partial charge in [0.05, 0.1) is 11.1 Å². The highest BCUT2D eigenvalue weighted by Crippen LogP contribution is 2.03. The van der Waals surface area contributed by atoms with Gasteiger partial charge in [0.25, 0.3) is 16.9 Å². The summed E-state index contributed by atoms with van der Waals surface area (Å²) < 4.78 is 0. The lowest BCUT2D eigenvalue weighted by molar-refractivity contribution is -0.757. The lowest BCUT2D eigenvalue weighted by atomic mass is 10.2. The zero-order valence-corrected chi connectivity index (χ0v) is 13.8. The molecule has 2 rings (SSSR count). The van der Waals surface area contributed by atoms with E-state index in [1.165, 1.54) is 23.5 Å². The Hall–Kier alpha value is -3.56. The van der Waals surface area contributed by atoms with Gasteiger partial charge in [-0.1, -0.05) is 0 Å². The number of hydrogen-bond acceptors (Lipinski definition) is 7. The lowest BCUT2D eigenvalue weighted by Crippen LogP contribution is -2.40. The van der Waals surface area contributed by atoms with Crippen LogP contribution in [0.5, 0.6) is 0 Å². The average molecular weight is 359 g/mol. The molecule has 10 nitrogen and oxygen atoms in total. The van der Waals surface area contributed by atoms with Crippen molar-refractivity contribution >= 4 is 11.8 Å². The van der Waals surface area contributed by atoms with Gasteiger partial charge in [-0.2, -0.15) is 0 Å². The number of carbonyl (C=O) groups is 2. The van der Waals surface area contributed by atoms with E-state index in [-0.39, 0.29) is 38.1 Å². The number of pyridine rings is 2. The van der Waals surface area contributed by atoms with Gasteiger partial charge in [0.1, 0.15) is 6.61 Å². The minimum atomic E-state index is -0.920. The molecule has 0 radical (unpaired) electrons. The zero-order chi connectivity index (χ0) is 18.8. The molecule has 2 aromatic heterocycles. The summed E-state index contributed by atoms with van der Waals surface area (Å²) >= 11 is 0. The Kier molecular flexibility index (Phi) is 6.98. The van der Waals surface area contributed by atoms with Crippen molar-refractivity contribution in [2.75, 3.05) is 26.2 Å². The summed E-state index contributed by atoms with van der Waals surface area (Å²) in [6.45, 7) is 0.0476. The SMILES string of the molecule is O=C(NCCN(CCO[N+](=O)[O-])C(=O)c1cccnc1)c1cccnc1. The van der Waals surface area contributed by atoms with Crippen LogP contribution in [0.2, 0.25) is 0 Å². The van der Waals surface area contributed by atoms with Gasteiger partial charge in [-0.25, -0.2) is 0 Å². The third-order valence-electron chi connectivity index (χ3n) is 3.34. The van der Waals surface area contributed by atoms with Gasteiger partial charge in [-0.15, -0.1) is 10.1 Å². The highest BCUT2D eigenvalue weighted by atomic mass is 16.9. The van der Waals surface area contributed by atoms with Gasteiger partial charge < -0.3 is 15.1 Å². The molecule has 26 heavy (non-hydrogen) atoms. The minimum absolute atomic E-state index is 0.00251. The Morgan fingerprint density at radius 3 is 2.35 bits per heavy atom. The van der Waals surface area contributed by atoms with E-state index in [4.69, 9.17) is 0 Å². The summed E-state index contributed by atoms with van der Waals surface area (Å²) in [4.78, 5) is 48.1. The average Bonchev–Trinajstić information content (AvgIpc) is 2.67. The van der Waals surface area contributed by atoms with Crippen molar-refractivity contribution in [2.24, 2.45) is 0 Å². The van der Waals surface area contributed by atoms with Crippen LogP contribution in [-0.2, 0) is 4.84 Å². The number of nitrogens with one attached hydrogen (secondary N) is 1. The monoisotopic (exact) mass is 359 g/mol. The topological polar surface area (TPSA) is 128 Å². The van der Waals surface area contributed by atoms with E-state index in [2.05, 4.69) is 20.1 Å². The molecule has 0 saturated carbocycles. The molecule has 0 unspecified atom stereocenters. The molecular formula is C16H17N5O5. The highest BCUT2D eigenvalue weighted by Gasteiger charge is 2.16. The second-order valence-electron chi connectivity index (χ2n) is 5.09. The Morgan fingerprint density at radius 1 is 1.12 bits per heavy atom. The lowest BCUT2D eigenvalue weighted by Gasteiger charge is -2.22. The van der Waals surface area contributed by atoms with Crippen molar-refractivity contribution in [2.45, 2.75) is 0 Å². The second kappa shape index (κ2) is 9.67. The minimum Gasteiger partial charge on any atom is -0.350 e. The molecule has 10 heteroatoms. The van der Waals surface area contributed by atoms with E-state index in [0.29, 0.717) is 11.1 Å². The Morgan fingerprint density at radius 2 is 1.77 bits per heavy atom. The quantitative estimate of drug-likeness (QED) is 0.512. The van der Waals surface area contributed by atoms with Gasteiger partial charge in [0, 0.05) is 44.4 Å². The normalized spacial score (nSPS) is 10.0. The predicted molar refractivity (Wildman–Crippen MR) is 89.7 cm³/mol. The summed E-state index contributed by atoms with van der Waals surface area (Å²) in [5.41, 5.74) is 0.738. The zero-order valence-electron chi connectivity index (χ0n) is 13.8. The number of rotatable bonds is 9. The summed E-state index contributed by atoms with van der Waals surface area (Å²) in [5.74, 6) is -0.686.